The number of nitrogens with zero attached hydrogens (tertiary/aromatic N) is 2. The van der Waals surface area contributed by atoms with Crippen molar-refractivity contribution < 1.29 is 14.2 Å². The average Bonchev–Trinajstić information content (AvgIpc) is 2.29. The molecule has 82 valence electrons. The summed E-state index contributed by atoms with van der Waals surface area (Å²) in [5.41, 5.74) is 0.715. The second-order valence-corrected chi connectivity index (χ2v) is 3.09. The summed E-state index contributed by atoms with van der Waals surface area (Å²) in [5, 5.41) is 8.93. The number of hydrogen-bond acceptors (Lipinski definition) is 4. The molecule has 1 aromatic carbocycles. The second-order valence-electron chi connectivity index (χ2n) is 3.09. The molecule has 0 atom stereocenters. The molecule has 0 amide bonds. The first kappa shape index (κ1) is 10.5. The average molecular weight is 220 g/mol. The maximum Gasteiger partial charge on any atom is 0.225 e. The predicted octanol–water partition coefficient (Wildman–Crippen LogP) is 1.90. The molecule has 0 fully saturated rings. The van der Waals surface area contributed by atoms with E-state index in [0.29, 0.717) is 11.3 Å². The lowest BCUT2D eigenvalue weighted by molar-refractivity contribution is 0.281. The first-order valence-corrected chi connectivity index (χ1v) is 4.63. The molecule has 5 heteroatoms. The van der Waals surface area contributed by atoms with Crippen molar-refractivity contribution in [3.63, 3.8) is 0 Å². The van der Waals surface area contributed by atoms with Gasteiger partial charge in [0.2, 0.25) is 11.8 Å². The highest BCUT2D eigenvalue weighted by atomic mass is 19.1. The minimum Gasteiger partial charge on any atom is -0.439 e. The third-order valence-electron chi connectivity index (χ3n) is 1.91. The number of benzene rings is 1. The Kier molecular flexibility index (Phi) is 3.07. The maximum atomic E-state index is 12.7. The molecule has 0 unspecified atom stereocenters. The van der Waals surface area contributed by atoms with Gasteiger partial charge < -0.3 is 9.84 Å². The minimum absolute atomic E-state index is 0.0741. The topological polar surface area (TPSA) is 55.2 Å². The van der Waals surface area contributed by atoms with Crippen molar-refractivity contribution in [3.8, 4) is 11.6 Å². The zero-order valence-corrected chi connectivity index (χ0v) is 8.30. The second kappa shape index (κ2) is 4.67. The molecule has 0 spiro atoms. The molecular formula is C11H9FN2O2. The van der Waals surface area contributed by atoms with Crippen molar-refractivity contribution in [2.24, 2.45) is 0 Å². The molecule has 0 radical (unpaired) electrons. The lowest BCUT2D eigenvalue weighted by Gasteiger charge is -2.05. The van der Waals surface area contributed by atoms with Crippen molar-refractivity contribution >= 4 is 0 Å². The minimum atomic E-state index is -0.650. The lowest BCUT2D eigenvalue weighted by atomic mass is 10.2. The fraction of sp³-hybridized carbons (Fsp3) is 0.0909. The summed E-state index contributed by atoms with van der Waals surface area (Å²) in [5.74, 6) is -0.0319. The SMILES string of the molecule is OCc1cccc(Oc2cc(F)ncn2)c1. The number of ether oxygens (including phenoxy) is 1. The highest BCUT2D eigenvalue weighted by Gasteiger charge is 2.01. The summed E-state index contributed by atoms with van der Waals surface area (Å²) >= 11 is 0. The summed E-state index contributed by atoms with van der Waals surface area (Å²) in [6.07, 6.45) is 1.08. The van der Waals surface area contributed by atoms with Gasteiger partial charge in [0.05, 0.1) is 12.7 Å². The van der Waals surface area contributed by atoms with Crippen molar-refractivity contribution in [2.45, 2.75) is 6.61 Å². The van der Waals surface area contributed by atoms with Crippen molar-refractivity contribution in [1.82, 2.24) is 9.97 Å². The van der Waals surface area contributed by atoms with E-state index in [4.69, 9.17) is 9.84 Å². The monoisotopic (exact) mass is 220 g/mol. The molecule has 0 aliphatic heterocycles. The van der Waals surface area contributed by atoms with Crippen LogP contribution in [0.4, 0.5) is 4.39 Å². The molecule has 0 saturated carbocycles. The molecule has 0 bridgehead atoms. The molecule has 0 aliphatic rings. The molecule has 1 aromatic heterocycles. The van der Waals surface area contributed by atoms with Crippen LogP contribution in [0, 0.1) is 5.95 Å². The zero-order chi connectivity index (χ0) is 11.4. The summed E-state index contributed by atoms with van der Waals surface area (Å²) in [4.78, 5) is 7.07. The normalized spacial score (nSPS) is 10.1. The van der Waals surface area contributed by atoms with Crippen LogP contribution in [0.3, 0.4) is 0 Å². The van der Waals surface area contributed by atoms with E-state index in [-0.39, 0.29) is 12.5 Å². The van der Waals surface area contributed by atoms with Crippen molar-refractivity contribution in [1.29, 1.82) is 0 Å². The first-order chi connectivity index (χ1) is 7.78. The van der Waals surface area contributed by atoms with Gasteiger partial charge in [-0.15, -0.1) is 0 Å². The fourth-order valence-electron chi connectivity index (χ4n) is 1.20. The van der Waals surface area contributed by atoms with Gasteiger partial charge in [-0.1, -0.05) is 12.1 Å². The Morgan fingerprint density at radius 2 is 2.12 bits per heavy atom. The van der Waals surface area contributed by atoms with Gasteiger partial charge in [-0.3, -0.25) is 0 Å². The Bertz CT molecular complexity index is 491. The number of aliphatic hydroxyl groups excluding tert-OH is 1. The number of halogens is 1. The Morgan fingerprint density at radius 3 is 2.88 bits per heavy atom. The quantitative estimate of drug-likeness (QED) is 0.802. The van der Waals surface area contributed by atoms with Crippen LogP contribution >= 0.6 is 0 Å². The van der Waals surface area contributed by atoms with Crippen LogP contribution in [0.5, 0.6) is 11.6 Å². The smallest absolute Gasteiger partial charge is 0.225 e. The molecule has 4 nitrogen and oxygen atoms in total. The standard InChI is InChI=1S/C11H9FN2O2/c12-10-5-11(14-7-13-10)16-9-3-1-2-8(4-9)6-15/h1-5,7,15H,6H2. The van der Waals surface area contributed by atoms with E-state index < -0.39 is 5.95 Å². The highest BCUT2D eigenvalue weighted by molar-refractivity contribution is 5.30. The Balaban J connectivity index is 2.20. The van der Waals surface area contributed by atoms with Crippen LogP contribution in [0.25, 0.3) is 0 Å². The fourth-order valence-corrected chi connectivity index (χ4v) is 1.20. The van der Waals surface area contributed by atoms with Crippen molar-refractivity contribution in [3.05, 3.63) is 48.2 Å². The molecular weight excluding hydrogens is 211 g/mol. The third kappa shape index (κ3) is 2.52. The summed E-state index contributed by atoms with van der Waals surface area (Å²) in [6.45, 7) is -0.0741. The molecule has 2 rings (SSSR count). The van der Waals surface area contributed by atoms with Crippen LogP contribution in [0.2, 0.25) is 0 Å². The van der Waals surface area contributed by atoms with Gasteiger partial charge in [0.25, 0.3) is 0 Å². The Labute approximate surface area is 91.4 Å². The van der Waals surface area contributed by atoms with E-state index in [0.717, 1.165) is 12.4 Å². The maximum absolute atomic E-state index is 12.7. The number of hydrogen-bond donors (Lipinski definition) is 1. The largest absolute Gasteiger partial charge is 0.439 e. The van der Waals surface area contributed by atoms with Gasteiger partial charge in [-0.2, -0.15) is 4.39 Å². The summed E-state index contributed by atoms with van der Waals surface area (Å²) < 4.78 is 18.0. The number of aliphatic hydroxyl groups is 1. The van der Waals surface area contributed by atoms with Gasteiger partial charge in [0.1, 0.15) is 12.1 Å². The molecule has 1 N–H and O–H groups in total. The van der Waals surface area contributed by atoms with Gasteiger partial charge in [-0.05, 0) is 17.7 Å². The number of rotatable bonds is 3. The van der Waals surface area contributed by atoms with Gasteiger partial charge >= 0.3 is 0 Å². The van der Waals surface area contributed by atoms with Crippen LogP contribution in [-0.4, -0.2) is 15.1 Å². The molecule has 2 aromatic rings. The highest BCUT2D eigenvalue weighted by Crippen LogP contribution is 2.20. The van der Waals surface area contributed by atoms with Crippen molar-refractivity contribution in [2.75, 3.05) is 0 Å². The van der Waals surface area contributed by atoms with E-state index in [1.165, 1.54) is 0 Å². The van der Waals surface area contributed by atoms with Gasteiger partial charge in [-0.25, -0.2) is 9.97 Å². The molecule has 16 heavy (non-hydrogen) atoms. The predicted molar refractivity (Wildman–Crippen MR) is 54.4 cm³/mol. The molecule has 1 heterocycles. The Morgan fingerprint density at radius 1 is 1.25 bits per heavy atom. The lowest BCUT2D eigenvalue weighted by Crippen LogP contribution is -1.92. The number of aromatic nitrogens is 2. The van der Waals surface area contributed by atoms with Crippen LogP contribution in [0.15, 0.2) is 36.7 Å². The van der Waals surface area contributed by atoms with Crippen LogP contribution in [0.1, 0.15) is 5.56 Å². The van der Waals surface area contributed by atoms with Gasteiger partial charge in [0, 0.05) is 0 Å². The van der Waals surface area contributed by atoms with E-state index in [1.807, 2.05) is 0 Å². The zero-order valence-electron chi connectivity index (χ0n) is 8.30. The summed E-state index contributed by atoms with van der Waals surface area (Å²) in [6, 6.07) is 7.93. The molecule has 0 aliphatic carbocycles. The van der Waals surface area contributed by atoms with Gasteiger partial charge in [0.15, 0.2) is 0 Å². The van der Waals surface area contributed by atoms with E-state index in [9.17, 15) is 4.39 Å². The summed E-state index contributed by atoms with van der Waals surface area (Å²) in [7, 11) is 0. The van der Waals surface area contributed by atoms with Crippen LogP contribution in [-0.2, 0) is 6.61 Å². The van der Waals surface area contributed by atoms with Crippen LogP contribution < -0.4 is 4.74 Å². The first-order valence-electron chi connectivity index (χ1n) is 4.63. The molecule has 0 saturated heterocycles. The Hall–Kier alpha value is -2.01. The third-order valence-corrected chi connectivity index (χ3v) is 1.91. The van der Waals surface area contributed by atoms with E-state index in [2.05, 4.69) is 9.97 Å². The van der Waals surface area contributed by atoms with E-state index in [1.54, 1.807) is 24.3 Å². The van der Waals surface area contributed by atoms with E-state index >= 15 is 0 Å².